The van der Waals surface area contributed by atoms with Crippen LogP contribution >= 0.6 is 0 Å². The van der Waals surface area contributed by atoms with Crippen molar-refractivity contribution in [2.45, 2.75) is 39.5 Å². The number of halogens is 2. The summed E-state index contributed by atoms with van der Waals surface area (Å²) in [4.78, 5) is 26.5. The Morgan fingerprint density at radius 3 is 2.94 bits per heavy atom. The Morgan fingerprint density at radius 1 is 1.39 bits per heavy atom. The number of allylic oxidation sites excluding steroid dienone is 2. The van der Waals surface area contributed by atoms with Gasteiger partial charge in [-0.05, 0) is 36.6 Å². The third-order valence-electron chi connectivity index (χ3n) is 5.71. The first-order valence-corrected chi connectivity index (χ1v) is 9.87. The van der Waals surface area contributed by atoms with E-state index in [0.717, 1.165) is 41.6 Å². The second-order valence-corrected chi connectivity index (χ2v) is 7.51. The van der Waals surface area contributed by atoms with Gasteiger partial charge in [0.05, 0.1) is 0 Å². The lowest BCUT2D eigenvalue weighted by Crippen LogP contribution is -2.52. The molecule has 2 aromatic heterocycles. The van der Waals surface area contributed by atoms with Gasteiger partial charge in [-0.3, -0.25) is 20.1 Å². The Bertz CT molecular complexity index is 1150. The predicted molar refractivity (Wildman–Crippen MR) is 115 cm³/mol. The van der Waals surface area contributed by atoms with Crippen LogP contribution in [0.1, 0.15) is 36.5 Å². The van der Waals surface area contributed by atoms with E-state index in [1.807, 2.05) is 19.9 Å². The molecule has 0 amide bonds. The summed E-state index contributed by atoms with van der Waals surface area (Å²) in [6.45, 7) is 2.51. The highest BCUT2D eigenvalue weighted by molar-refractivity contribution is 6.09. The SMILES string of the molecule is CC1=C(C)C(N2CCc3ncc(C(=C/N)/C=N/C(F)F)cc3C2)Nn2c1nccc2=O. The second-order valence-electron chi connectivity index (χ2n) is 7.51. The lowest BCUT2D eigenvalue weighted by Gasteiger charge is -2.40. The summed E-state index contributed by atoms with van der Waals surface area (Å²) in [6, 6.07) is 3.33. The molecule has 4 heterocycles. The van der Waals surface area contributed by atoms with Crippen molar-refractivity contribution in [2.75, 3.05) is 12.0 Å². The molecule has 2 aromatic rings. The number of nitrogens with zero attached hydrogens (tertiary/aromatic N) is 5. The highest BCUT2D eigenvalue weighted by Crippen LogP contribution is 2.28. The normalized spacial score (nSPS) is 19.5. The van der Waals surface area contributed by atoms with Crippen molar-refractivity contribution < 1.29 is 8.78 Å². The minimum absolute atomic E-state index is 0.167. The Hall–Kier alpha value is -3.40. The van der Waals surface area contributed by atoms with Crippen LogP contribution in [0, 0.1) is 0 Å². The summed E-state index contributed by atoms with van der Waals surface area (Å²) in [7, 11) is 0. The molecule has 0 spiro atoms. The lowest BCUT2D eigenvalue weighted by atomic mass is 9.98. The topological polar surface area (TPSA) is 101 Å². The molecule has 0 bridgehead atoms. The number of nitrogens with one attached hydrogen (secondary N) is 1. The summed E-state index contributed by atoms with van der Waals surface area (Å²) in [5.41, 5.74) is 13.7. The molecule has 10 heteroatoms. The van der Waals surface area contributed by atoms with E-state index in [1.165, 1.54) is 23.1 Å². The van der Waals surface area contributed by atoms with Gasteiger partial charge in [-0.2, -0.15) is 8.78 Å². The minimum Gasteiger partial charge on any atom is -0.404 e. The quantitative estimate of drug-likeness (QED) is 0.572. The van der Waals surface area contributed by atoms with E-state index in [-0.39, 0.29) is 11.7 Å². The number of nitrogens with two attached hydrogens (primary N) is 1. The zero-order valence-electron chi connectivity index (χ0n) is 17.2. The molecule has 1 unspecified atom stereocenters. The van der Waals surface area contributed by atoms with Gasteiger partial charge in [0.15, 0.2) is 5.82 Å². The van der Waals surface area contributed by atoms with Gasteiger partial charge in [-0.15, -0.1) is 0 Å². The van der Waals surface area contributed by atoms with Gasteiger partial charge in [0.1, 0.15) is 6.17 Å². The molecule has 2 aliphatic heterocycles. The fourth-order valence-corrected chi connectivity index (χ4v) is 3.93. The highest BCUT2D eigenvalue weighted by atomic mass is 19.3. The van der Waals surface area contributed by atoms with Crippen molar-refractivity contribution in [2.24, 2.45) is 10.7 Å². The molecule has 3 N–H and O–H groups in total. The fourth-order valence-electron chi connectivity index (χ4n) is 3.93. The van der Waals surface area contributed by atoms with Crippen LogP contribution in [0.5, 0.6) is 0 Å². The number of rotatable bonds is 4. The summed E-state index contributed by atoms with van der Waals surface area (Å²) < 4.78 is 26.4. The molecule has 0 saturated heterocycles. The zero-order valence-corrected chi connectivity index (χ0v) is 17.2. The van der Waals surface area contributed by atoms with Crippen LogP contribution in [0.3, 0.4) is 0 Å². The monoisotopic (exact) mass is 427 g/mol. The van der Waals surface area contributed by atoms with Crippen LogP contribution in [-0.4, -0.2) is 45.0 Å². The van der Waals surface area contributed by atoms with Crippen LogP contribution in [0.2, 0.25) is 0 Å². The van der Waals surface area contributed by atoms with Gasteiger partial charge in [-0.1, -0.05) is 0 Å². The number of alkyl halides is 2. The van der Waals surface area contributed by atoms with Gasteiger partial charge in [0.25, 0.3) is 5.56 Å². The van der Waals surface area contributed by atoms with Crippen LogP contribution in [0.25, 0.3) is 11.1 Å². The molecule has 162 valence electrons. The van der Waals surface area contributed by atoms with Crippen molar-refractivity contribution >= 4 is 17.4 Å². The standard InChI is InChI=1S/C21H23F2N7O/c1-12-13(2)20(28-30-18(31)3-5-25-19(12)30)29-6-4-17-15(11-29)7-14(9-26-17)16(8-24)10-27-21(22)23/h3,5,7-10,20-21,28H,4,6,11,24H2,1-2H3/b16-8+,27-10+. The Morgan fingerprint density at radius 2 is 2.19 bits per heavy atom. The number of pyridine rings is 1. The smallest absolute Gasteiger partial charge is 0.331 e. The number of aliphatic imine (C=N–C) groups is 1. The van der Waals surface area contributed by atoms with Crippen molar-refractivity contribution in [3.8, 4) is 0 Å². The second kappa shape index (κ2) is 8.38. The van der Waals surface area contributed by atoms with E-state index >= 15 is 0 Å². The van der Waals surface area contributed by atoms with E-state index in [2.05, 4.69) is 25.3 Å². The third kappa shape index (κ3) is 3.98. The molecule has 0 radical (unpaired) electrons. The molecule has 4 rings (SSSR count). The Balaban J connectivity index is 1.63. The summed E-state index contributed by atoms with van der Waals surface area (Å²) in [5, 5.41) is 0. The molecular weight excluding hydrogens is 404 g/mol. The predicted octanol–water partition coefficient (Wildman–Crippen LogP) is 1.97. The van der Waals surface area contributed by atoms with Crippen LogP contribution in [0.4, 0.5) is 8.78 Å². The van der Waals surface area contributed by atoms with E-state index in [4.69, 9.17) is 5.73 Å². The Kier molecular flexibility index (Phi) is 5.64. The number of aromatic nitrogens is 3. The van der Waals surface area contributed by atoms with Crippen molar-refractivity contribution in [3.63, 3.8) is 0 Å². The van der Waals surface area contributed by atoms with Gasteiger partial charge in [0.2, 0.25) is 0 Å². The van der Waals surface area contributed by atoms with Crippen LogP contribution in [-0.2, 0) is 13.0 Å². The molecule has 0 saturated carbocycles. The molecule has 0 aliphatic carbocycles. The van der Waals surface area contributed by atoms with Crippen LogP contribution < -0.4 is 16.7 Å². The molecular formula is C21H23F2N7O. The molecule has 2 aliphatic rings. The number of hydrogen-bond donors (Lipinski definition) is 2. The van der Waals surface area contributed by atoms with Gasteiger partial charge >= 0.3 is 6.55 Å². The molecule has 1 atom stereocenters. The molecule has 8 nitrogen and oxygen atoms in total. The summed E-state index contributed by atoms with van der Waals surface area (Å²) in [5.74, 6) is 0.610. The first kappa shape index (κ1) is 20.9. The van der Waals surface area contributed by atoms with E-state index < -0.39 is 6.55 Å². The van der Waals surface area contributed by atoms with Crippen molar-refractivity contribution in [1.82, 2.24) is 19.5 Å². The maximum atomic E-state index is 12.5. The van der Waals surface area contributed by atoms with Gasteiger partial charge in [0, 0.05) is 67.2 Å². The molecule has 31 heavy (non-hydrogen) atoms. The van der Waals surface area contributed by atoms with E-state index in [1.54, 1.807) is 6.20 Å². The third-order valence-corrected chi connectivity index (χ3v) is 5.71. The lowest BCUT2D eigenvalue weighted by molar-refractivity contribution is 0.161. The molecule has 0 aromatic carbocycles. The number of fused-ring (bicyclic) bond motifs is 2. The zero-order chi connectivity index (χ0) is 22.1. The maximum Gasteiger partial charge on any atom is 0.331 e. The number of hydrogen-bond acceptors (Lipinski definition) is 7. The highest BCUT2D eigenvalue weighted by Gasteiger charge is 2.31. The van der Waals surface area contributed by atoms with Gasteiger partial charge in [-0.25, -0.2) is 14.7 Å². The average molecular weight is 427 g/mol. The largest absolute Gasteiger partial charge is 0.404 e. The minimum atomic E-state index is -2.80. The Labute approximate surface area is 177 Å². The summed E-state index contributed by atoms with van der Waals surface area (Å²) >= 11 is 0. The average Bonchev–Trinajstić information content (AvgIpc) is 2.76. The van der Waals surface area contributed by atoms with Crippen molar-refractivity contribution in [1.29, 1.82) is 0 Å². The van der Waals surface area contributed by atoms with E-state index in [0.29, 0.717) is 23.5 Å². The summed E-state index contributed by atoms with van der Waals surface area (Å²) in [6.07, 6.45) is 5.98. The maximum absolute atomic E-state index is 12.5. The van der Waals surface area contributed by atoms with Crippen molar-refractivity contribution in [3.05, 3.63) is 69.3 Å². The first-order valence-electron chi connectivity index (χ1n) is 9.87. The molecule has 0 fully saturated rings. The van der Waals surface area contributed by atoms with E-state index in [9.17, 15) is 13.6 Å². The van der Waals surface area contributed by atoms with Crippen LogP contribution in [0.15, 0.2) is 46.1 Å². The fraction of sp³-hybridized carbons (Fsp3) is 0.333. The first-order chi connectivity index (χ1) is 14.9. The van der Waals surface area contributed by atoms with Gasteiger partial charge < -0.3 is 5.73 Å².